The number of rotatable bonds is 1. The van der Waals surface area contributed by atoms with Crippen molar-refractivity contribution < 1.29 is 0 Å². The molecule has 1 nitrogen and oxygen atoms in total. The first kappa shape index (κ1) is 8.48. The van der Waals surface area contributed by atoms with Crippen LogP contribution >= 0.6 is 27.3 Å². The molecule has 2 rings (SSSR count). The largest absolute Gasteiger partial charge is 0.313 e. The van der Waals surface area contributed by atoms with Crippen LogP contribution in [-0.4, -0.2) is 13.1 Å². The van der Waals surface area contributed by atoms with Gasteiger partial charge in [0.15, 0.2) is 0 Å². The summed E-state index contributed by atoms with van der Waals surface area (Å²) in [5, 5.41) is 3.32. The lowest BCUT2D eigenvalue weighted by atomic mass is 10.2. The maximum absolute atomic E-state index is 3.46. The molecule has 2 heterocycles. The van der Waals surface area contributed by atoms with E-state index in [0.717, 1.165) is 13.1 Å². The van der Waals surface area contributed by atoms with Gasteiger partial charge in [-0.05, 0) is 47.1 Å². The van der Waals surface area contributed by atoms with E-state index in [1.807, 2.05) is 0 Å². The predicted octanol–water partition coefficient (Wildman–Crippen LogP) is 2.89. The van der Waals surface area contributed by atoms with Gasteiger partial charge in [0.2, 0.25) is 0 Å². The molecule has 0 spiro atoms. The van der Waals surface area contributed by atoms with Crippen LogP contribution < -0.4 is 5.32 Å². The topological polar surface area (TPSA) is 12.0 Å². The summed E-state index contributed by atoms with van der Waals surface area (Å²) in [7, 11) is 0. The highest BCUT2D eigenvalue weighted by atomic mass is 79.9. The van der Waals surface area contributed by atoms with Crippen LogP contribution in [0.15, 0.2) is 21.5 Å². The molecule has 0 amide bonds. The fourth-order valence-electron chi connectivity index (χ4n) is 1.32. The van der Waals surface area contributed by atoms with Crippen LogP contribution in [0.4, 0.5) is 0 Å². The van der Waals surface area contributed by atoms with E-state index in [-0.39, 0.29) is 0 Å². The van der Waals surface area contributed by atoms with Gasteiger partial charge in [-0.2, -0.15) is 0 Å². The Morgan fingerprint density at radius 1 is 1.50 bits per heavy atom. The minimum Gasteiger partial charge on any atom is -0.313 e. The van der Waals surface area contributed by atoms with Crippen LogP contribution in [0.3, 0.4) is 0 Å². The summed E-state index contributed by atoms with van der Waals surface area (Å²) < 4.78 is 1.21. The van der Waals surface area contributed by atoms with E-state index in [9.17, 15) is 0 Å². The van der Waals surface area contributed by atoms with E-state index >= 15 is 0 Å². The van der Waals surface area contributed by atoms with E-state index in [2.05, 4.69) is 39.5 Å². The Balaban J connectivity index is 2.15. The van der Waals surface area contributed by atoms with Gasteiger partial charge >= 0.3 is 0 Å². The molecule has 0 bridgehead atoms. The second kappa shape index (κ2) is 3.73. The van der Waals surface area contributed by atoms with Crippen molar-refractivity contribution in [2.24, 2.45) is 0 Å². The molecule has 1 aromatic heterocycles. The molecule has 1 aliphatic rings. The molecule has 1 aromatic rings. The summed E-state index contributed by atoms with van der Waals surface area (Å²) in [4.78, 5) is 1.35. The summed E-state index contributed by atoms with van der Waals surface area (Å²) in [6.45, 7) is 2.20. The van der Waals surface area contributed by atoms with Gasteiger partial charge < -0.3 is 5.32 Å². The first-order valence-corrected chi connectivity index (χ1v) is 5.61. The average Bonchev–Trinajstić information content (AvgIpc) is 2.63. The fourth-order valence-corrected chi connectivity index (χ4v) is 2.73. The van der Waals surface area contributed by atoms with Gasteiger partial charge in [0.25, 0.3) is 0 Å². The lowest BCUT2D eigenvalue weighted by molar-refractivity contribution is 0.862. The zero-order valence-electron chi connectivity index (χ0n) is 6.64. The molecular formula is C9H10BrNS. The molecule has 0 aromatic carbocycles. The monoisotopic (exact) mass is 243 g/mol. The van der Waals surface area contributed by atoms with Crippen molar-refractivity contribution in [3.63, 3.8) is 0 Å². The van der Waals surface area contributed by atoms with E-state index in [1.54, 1.807) is 11.3 Å². The van der Waals surface area contributed by atoms with E-state index in [1.165, 1.54) is 20.7 Å². The molecule has 0 atom stereocenters. The van der Waals surface area contributed by atoms with Crippen molar-refractivity contribution in [1.29, 1.82) is 0 Å². The molecule has 0 unspecified atom stereocenters. The van der Waals surface area contributed by atoms with Crippen LogP contribution in [0.2, 0.25) is 0 Å². The van der Waals surface area contributed by atoms with E-state index < -0.39 is 0 Å². The van der Waals surface area contributed by atoms with Gasteiger partial charge in [0.05, 0.1) is 3.79 Å². The maximum Gasteiger partial charge on any atom is 0.0704 e. The van der Waals surface area contributed by atoms with E-state index in [4.69, 9.17) is 0 Å². The van der Waals surface area contributed by atoms with Crippen LogP contribution in [-0.2, 0) is 0 Å². The number of hydrogen-bond donors (Lipinski definition) is 1. The Kier molecular flexibility index (Phi) is 2.63. The summed E-state index contributed by atoms with van der Waals surface area (Å²) in [5.74, 6) is 0. The lowest BCUT2D eigenvalue weighted by Gasteiger charge is -1.90. The average molecular weight is 244 g/mol. The van der Waals surface area contributed by atoms with Crippen molar-refractivity contribution in [1.82, 2.24) is 5.32 Å². The van der Waals surface area contributed by atoms with Gasteiger partial charge in [-0.3, -0.25) is 0 Å². The molecule has 0 aliphatic carbocycles. The lowest BCUT2D eigenvalue weighted by Crippen LogP contribution is -2.04. The highest BCUT2D eigenvalue weighted by Gasteiger charge is 2.05. The molecule has 1 aliphatic heterocycles. The second-order valence-corrected chi connectivity index (χ2v) is 5.37. The SMILES string of the molecule is Brc1ccc(C=C2CCNC2)s1. The first-order valence-electron chi connectivity index (χ1n) is 4.00. The number of nitrogens with one attached hydrogen (secondary N) is 1. The molecule has 0 saturated carbocycles. The molecule has 64 valence electrons. The van der Waals surface area contributed by atoms with Gasteiger partial charge in [-0.25, -0.2) is 0 Å². The third-order valence-electron chi connectivity index (χ3n) is 1.92. The maximum atomic E-state index is 3.46. The predicted molar refractivity (Wildman–Crippen MR) is 57.5 cm³/mol. The third kappa shape index (κ3) is 1.97. The van der Waals surface area contributed by atoms with E-state index in [0.29, 0.717) is 0 Å². The molecule has 3 heteroatoms. The normalized spacial score (nSPS) is 20.6. The zero-order chi connectivity index (χ0) is 8.39. The van der Waals surface area contributed by atoms with Crippen LogP contribution in [0.25, 0.3) is 6.08 Å². The molecule has 0 radical (unpaired) electrons. The molecular weight excluding hydrogens is 234 g/mol. The third-order valence-corrected chi connectivity index (χ3v) is 3.49. The summed E-state index contributed by atoms with van der Waals surface area (Å²) in [6.07, 6.45) is 3.49. The van der Waals surface area contributed by atoms with Crippen molar-refractivity contribution in [3.8, 4) is 0 Å². The smallest absolute Gasteiger partial charge is 0.0704 e. The highest BCUT2D eigenvalue weighted by Crippen LogP contribution is 2.24. The number of thiophene rings is 1. The van der Waals surface area contributed by atoms with Gasteiger partial charge in [0, 0.05) is 11.4 Å². The van der Waals surface area contributed by atoms with Crippen LogP contribution in [0, 0.1) is 0 Å². The molecule has 12 heavy (non-hydrogen) atoms. The molecule has 1 N–H and O–H groups in total. The standard InChI is InChI=1S/C9H10BrNS/c10-9-2-1-8(12-9)5-7-3-4-11-6-7/h1-2,5,11H,3-4,6H2. The fraction of sp³-hybridized carbons (Fsp3) is 0.333. The van der Waals surface area contributed by atoms with Gasteiger partial charge in [-0.1, -0.05) is 5.57 Å². The van der Waals surface area contributed by atoms with Crippen molar-refractivity contribution in [3.05, 3.63) is 26.4 Å². The Labute approximate surface area is 84.6 Å². The van der Waals surface area contributed by atoms with Gasteiger partial charge in [-0.15, -0.1) is 11.3 Å². The van der Waals surface area contributed by atoms with Crippen LogP contribution in [0.5, 0.6) is 0 Å². The highest BCUT2D eigenvalue weighted by molar-refractivity contribution is 9.11. The Morgan fingerprint density at radius 3 is 3.00 bits per heavy atom. The number of hydrogen-bond acceptors (Lipinski definition) is 2. The van der Waals surface area contributed by atoms with Crippen LogP contribution in [0.1, 0.15) is 11.3 Å². The quantitative estimate of drug-likeness (QED) is 0.800. The minimum atomic E-state index is 1.06. The van der Waals surface area contributed by atoms with Crippen molar-refractivity contribution in [2.45, 2.75) is 6.42 Å². The second-order valence-electron chi connectivity index (χ2n) is 2.87. The Bertz CT molecular complexity index is 295. The van der Waals surface area contributed by atoms with Crippen molar-refractivity contribution >= 4 is 33.3 Å². The zero-order valence-corrected chi connectivity index (χ0v) is 9.04. The minimum absolute atomic E-state index is 1.06. The first-order chi connectivity index (χ1) is 5.84. The Morgan fingerprint density at radius 2 is 2.42 bits per heavy atom. The number of halogens is 1. The van der Waals surface area contributed by atoms with Crippen molar-refractivity contribution in [2.75, 3.05) is 13.1 Å². The molecule has 1 fully saturated rings. The summed E-state index contributed by atoms with van der Waals surface area (Å²) >= 11 is 5.24. The summed E-state index contributed by atoms with van der Waals surface area (Å²) in [6, 6.07) is 4.25. The summed E-state index contributed by atoms with van der Waals surface area (Å²) in [5.41, 5.74) is 1.52. The molecule has 1 saturated heterocycles. The van der Waals surface area contributed by atoms with Gasteiger partial charge in [0.1, 0.15) is 0 Å². The Hall–Kier alpha value is -0.120.